The number of piperazine rings is 1. The van der Waals surface area contributed by atoms with Gasteiger partial charge in [-0.1, -0.05) is 6.07 Å². The summed E-state index contributed by atoms with van der Waals surface area (Å²) in [5.74, 6) is 2.60. The molecule has 1 aromatic carbocycles. The SMILES string of the molecule is CN(C)c1ccc(Nc2nccc(N3CCN(c4ccccn4)CC3)n2)cc1. The zero-order valence-electron chi connectivity index (χ0n) is 16.3. The lowest BCUT2D eigenvalue weighted by atomic mass is 10.2. The van der Waals surface area contributed by atoms with E-state index in [1.54, 1.807) is 0 Å². The van der Waals surface area contributed by atoms with Gasteiger partial charge in [0.1, 0.15) is 11.6 Å². The Morgan fingerprint density at radius 1 is 0.786 bits per heavy atom. The molecule has 2 aromatic heterocycles. The predicted octanol–water partition coefficient (Wildman–Crippen LogP) is 3.01. The lowest BCUT2D eigenvalue weighted by Crippen LogP contribution is -2.47. The molecule has 0 spiro atoms. The zero-order chi connectivity index (χ0) is 19.3. The number of nitrogens with zero attached hydrogens (tertiary/aromatic N) is 6. The molecule has 1 aliphatic heterocycles. The number of rotatable bonds is 5. The van der Waals surface area contributed by atoms with Gasteiger partial charge in [-0.25, -0.2) is 9.97 Å². The molecule has 0 radical (unpaired) electrons. The van der Waals surface area contributed by atoms with Gasteiger partial charge in [-0.2, -0.15) is 4.98 Å². The standard InChI is InChI=1S/C21H25N7/c1-26(2)18-8-6-17(7-9-18)24-21-23-12-10-20(25-21)28-15-13-27(14-16-28)19-5-3-4-11-22-19/h3-12H,13-16H2,1-2H3,(H,23,24,25). The van der Waals surface area contributed by atoms with Crippen LogP contribution in [0.2, 0.25) is 0 Å². The van der Waals surface area contributed by atoms with Crippen LogP contribution in [0.15, 0.2) is 60.9 Å². The van der Waals surface area contributed by atoms with Crippen LogP contribution >= 0.6 is 0 Å². The van der Waals surface area contributed by atoms with Crippen molar-refractivity contribution in [2.45, 2.75) is 0 Å². The van der Waals surface area contributed by atoms with Crippen LogP contribution < -0.4 is 20.0 Å². The maximum Gasteiger partial charge on any atom is 0.229 e. The molecule has 28 heavy (non-hydrogen) atoms. The van der Waals surface area contributed by atoms with Gasteiger partial charge < -0.3 is 20.0 Å². The van der Waals surface area contributed by atoms with Crippen molar-refractivity contribution in [1.29, 1.82) is 0 Å². The van der Waals surface area contributed by atoms with E-state index < -0.39 is 0 Å². The fourth-order valence-corrected chi connectivity index (χ4v) is 3.26. The highest BCUT2D eigenvalue weighted by Crippen LogP contribution is 2.21. The van der Waals surface area contributed by atoms with Gasteiger partial charge in [-0.05, 0) is 42.5 Å². The van der Waals surface area contributed by atoms with Crippen molar-refractivity contribution < 1.29 is 0 Å². The third-order valence-electron chi connectivity index (χ3n) is 4.86. The lowest BCUT2D eigenvalue weighted by molar-refractivity contribution is 0.641. The highest BCUT2D eigenvalue weighted by molar-refractivity contribution is 5.60. The summed E-state index contributed by atoms with van der Waals surface area (Å²) in [5.41, 5.74) is 2.13. The Balaban J connectivity index is 1.40. The Morgan fingerprint density at radius 2 is 1.50 bits per heavy atom. The van der Waals surface area contributed by atoms with E-state index in [4.69, 9.17) is 4.98 Å². The first-order valence-corrected chi connectivity index (χ1v) is 9.47. The molecule has 1 N–H and O–H groups in total. The molecular weight excluding hydrogens is 350 g/mol. The molecule has 0 bridgehead atoms. The highest BCUT2D eigenvalue weighted by atomic mass is 15.3. The van der Waals surface area contributed by atoms with Gasteiger partial charge in [0.25, 0.3) is 0 Å². The van der Waals surface area contributed by atoms with Crippen LogP contribution in [0, 0.1) is 0 Å². The summed E-state index contributed by atoms with van der Waals surface area (Å²) >= 11 is 0. The van der Waals surface area contributed by atoms with Crippen LogP contribution in [-0.2, 0) is 0 Å². The highest BCUT2D eigenvalue weighted by Gasteiger charge is 2.19. The van der Waals surface area contributed by atoms with Gasteiger partial charge in [0, 0.05) is 64.0 Å². The van der Waals surface area contributed by atoms with Crippen LogP contribution in [-0.4, -0.2) is 55.2 Å². The number of pyridine rings is 1. The summed E-state index contributed by atoms with van der Waals surface area (Å²) in [5, 5.41) is 3.30. The number of benzene rings is 1. The van der Waals surface area contributed by atoms with E-state index in [2.05, 4.69) is 48.2 Å². The summed E-state index contributed by atoms with van der Waals surface area (Å²) in [4.78, 5) is 20.2. The summed E-state index contributed by atoms with van der Waals surface area (Å²) < 4.78 is 0. The number of anilines is 5. The minimum Gasteiger partial charge on any atom is -0.378 e. The van der Waals surface area contributed by atoms with Crippen LogP contribution in [0.1, 0.15) is 0 Å². The molecule has 144 valence electrons. The maximum absolute atomic E-state index is 4.71. The van der Waals surface area contributed by atoms with Gasteiger partial charge in [0.2, 0.25) is 5.95 Å². The monoisotopic (exact) mass is 375 g/mol. The molecule has 7 nitrogen and oxygen atoms in total. The van der Waals surface area contributed by atoms with Crippen LogP contribution in [0.4, 0.5) is 29.0 Å². The first kappa shape index (κ1) is 18.0. The van der Waals surface area contributed by atoms with E-state index in [1.807, 2.05) is 56.8 Å². The van der Waals surface area contributed by atoms with Crippen LogP contribution in [0.3, 0.4) is 0 Å². The third kappa shape index (κ3) is 4.14. The minimum absolute atomic E-state index is 0.613. The largest absolute Gasteiger partial charge is 0.378 e. The Labute approximate surface area is 165 Å². The first-order chi connectivity index (χ1) is 13.7. The molecule has 0 unspecified atom stereocenters. The zero-order valence-corrected chi connectivity index (χ0v) is 16.3. The van der Waals surface area contributed by atoms with Gasteiger partial charge in [-0.15, -0.1) is 0 Å². The van der Waals surface area contributed by atoms with Crippen LogP contribution in [0.5, 0.6) is 0 Å². The van der Waals surface area contributed by atoms with E-state index in [1.165, 1.54) is 0 Å². The molecule has 1 fully saturated rings. The Kier molecular flexibility index (Phi) is 5.23. The van der Waals surface area contributed by atoms with Crippen molar-refractivity contribution in [3.8, 4) is 0 Å². The van der Waals surface area contributed by atoms with Crippen molar-refractivity contribution >= 4 is 29.0 Å². The maximum atomic E-state index is 4.71. The molecule has 1 aliphatic rings. The number of nitrogens with one attached hydrogen (secondary N) is 1. The molecular formula is C21H25N7. The molecule has 0 atom stereocenters. The predicted molar refractivity (Wildman–Crippen MR) is 115 cm³/mol. The molecule has 0 saturated carbocycles. The Hall–Kier alpha value is -3.35. The second-order valence-corrected chi connectivity index (χ2v) is 6.97. The van der Waals surface area contributed by atoms with E-state index in [9.17, 15) is 0 Å². The molecule has 3 aromatic rings. The van der Waals surface area contributed by atoms with E-state index in [0.29, 0.717) is 5.95 Å². The van der Waals surface area contributed by atoms with Crippen molar-refractivity contribution in [3.63, 3.8) is 0 Å². The summed E-state index contributed by atoms with van der Waals surface area (Å²) in [6.45, 7) is 3.67. The smallest absolute Gasteiger partial charge is 0.229 e. The average molecular weight is 375 g/mol. The Bertz CT molecular complexity index is 888. The quantitative estimate of drug-likeness (QED) is 0.735. The molecule has 7 heteroatoms. The van der Waals surface area contributed by atoms with E-state index >= 15 is 0 Å². The summed E-state index contributed by atoms with van der Waals surface area (Å²) in [7, 11) is 4.06. The van der Waals surface area contributed by atoms with Gasteiger partial charge in [-0.3, -0.25) is 0 Å². The van der Waals surface area contributed by atoms with Crippen LogP contribution in [0.25, 0.3) is 0 Å². The number of hydrogen-bond acceptors (Lipinski definition) is 7. The number of aromatic nitrogens is 3. The summed E-state index contributed by atoms with van der Waals surface area (Å²) in [6, 6.07) is 16.2. The minimum atomic E-state index is 0.613. The van der Waals surface area contributed by atoms with Crippen molar-refractivity contribution in [2.24, 2.45) is 0 Å². The van der Waals surface area contributed by atoms with E-state index in [-0.39, 0.29) is 0 Å². The van der Waals surface area contributed by atoms with Crippen molar-refractivity contribution in [2.75, 3.05) is 60.3 Å². The molecule has 4 rings (SSSR count). The fraction of sp³-hybridized carbons (Fsp3) is 0.286. The molecule has 0 amide bonds. The van der Waals surface area contributed by atoms with E-state index in [0.717, 1.165) is 49.2 Å². The van der Waals surface area contributed by atoms with Gasteiger partial charge in [0.15, 0.2) is 0 Å². The van der Waals surface area contributed by atoms with Gasteiger partial charge >= 0.3 is 0 Å². The van der Waals surface area contributed by atoms with Crippen molar-refractivity contribution in [3.05, 3.63) is 60.9 Å². The topological polar surface area (TPSA) is 60.4 Å². The Morgan fingerprint density at radius 3 is 2.14 bits per heavy atom. The second kappa shape index (κ2) is 8.12. The molecule has 0 aliphatic carbocycles. The van der Waals surface area contributed by atoms with Crippen molar-refractivity contribution in [1.82, 2.24) is 15.0 Å². The fourth-order valence-electron chi connectivity index (χ4n) is 3.26. The summed E-state index contributed by atoms with van der Waals surface area (Å²) in [6.07, 6.45) is 3.65. The lowest BCUT2D eigenvalue weighted by Gasteiger charge is -2.36. The second-order valence-electron chi connectivity index (χ2n) is 6.97. The van der Waals surface area contributed by atoms with Gasteiger partial charge in [0.05, 0.1) is 0 Å². The average Bonchev–Trinajstić information content (AvgIpc) is 2.75. The first-order valence-electron chi connectivity index (χ1n) is 9.47. The third-order valence-corrected chi connectivity index (χ3v) is 4.86. The molecule has 3 heterocycles. The number of hydrogen-bond donors (Lipinski definition) is 1. The normalized spacial score (nSPS) is 14.1. The molecule has 1 saturated heterocycles.